The molecule has 1 saturated heterocycles. The van der Waals surface area contributed by atoms with Crippen LogP contribution in [0.1, 0.15) is 68.9 Å². The maximum atomic E-state index is 9.57. The van der Waals surface area contributed by atoms with E-state index in [-0.39, 0.29) is 38.9 Å². The highest BCUT2D eigenvalue weighted by Gasteiger charge is 2.44. The Hall–Kier alpha value is -0.520. The van der Waals surface area contributed by atoms with Gasteiger partial charge in [-0.1, -0.05) is 49.0 Å². The molecule has 0 aromatic heterocycles. The molecule has 1 aliphatic rings. The number of rotatable bonds is 12. The fourth-order valence-corrected chi connectivity index (χ4v) is 3.66. The summed E-state index contributed by atoms with van der Waals surface area (Å²) in [6.45, 7) is 9.87. The molecule has 1 fully saturated rings. The molecular formula is C26H68O13. The van der Waals surface area contributed by atoms with Gasteiger partial charge in [-0.2, -0.15) is 0 Å². The first kappa shape index (κ1) is 42.9. The highest BCUT2D eigenvalue weighted by molar-refractivity contribution is 4.92. The molecule has 13 heteroatoms. The lowest BCUT2D eigenvalue weighted by molar-refractivity contribution is -0.238. The molecular weight excluding hydrogens is 520 g/mol. The number of aliphatic hydroxyl groups excluding tert-OH is 12. The summed E-state index contributed by atoms with van der Waals surface area (Å²) in [4.78, 5) is 0. The smallest absolute Gasteiger partial charge is 0.111 e. The summed E-state index contributed by atoms with van der Waals surface area (Å²) in [7, 11) is 0. The third-order valence-corrected chi connectivity index (χ3v) is 5.96. The van der Waals surface area contributed by atoms with E-state index in [1.165, 1.54) is 0 Å². The molecule has 39 heavy (non-hydrogen) atoms. The third-order valence-electron chi connectivity index (χ3n) is 5.96. The lowest BCUT2D eigenvalue weighted by Crippen LogP contribution is -2.59. The largest absolute Gasteiger partial charge is 0.394 e. The molecule has 1 heterocycles. The van der Waals surface area contributed by atoms with Gasteiger partial charge in [-0.3, -0.25) is 0 Å². The van der Waals surface area contributed by atoms with E-state index >= 15 is 0 Å². The van der Waals surface area contributed by atoms with Gasteiger partial charge in [-0.15, -0.1) is 0 Å². The molecule has 0 radical (unpaired) electrons. The molecule has 13 nitrogen and oxygen atoms in total. The molecule has 12 N–H and O–H groups in total. The van der Waals surface area contributed by atoms with E-state index in [1.807, 2.05) is 41.5 Å². The molecule has 0 saturated carbocycles. The second kappa shape index (κ2) is 22.1. The second-order valence-electron chi connectivity index (χ2n) is 10.9. The first-order chi connectivity index (χ1) is 17.5. The van der Waals surface area contributed by atoms with E-state index < -0.39 is 80.4 Å². The maximum Gasteiger partial charge on any atom is 0.111 e. The Morgan fingerprint density at radius 1 is 0.590 bits per heavy atom. The molecule has 1 aliphatic heterocycles. The lowest BCUT2D eigenvalue weighted by Gasteiger charge is -2.41. The average Bonchev–Trinajstić information content (AvgIpc) is 2.85. The monoisotopic (exact) mass is 588 g/mol. The van der Waals surface area contributed by atoms with Gasteiger partial charge < -0.3 is 66.0 Å². The fraction of sp³-hybridized carbons (Fsp3) is 1.00. The minimum absolute atomic E-state index is 0. The van der Waals surface area contributed by atoms with E-state index in [9.17, 15) is 35.7 Å². The van der Waals surface area contributed by atoms with Gasteiger partial charge in [-0.25, -0.2) is 0 Å². The number of ether oxygens (including phenoxy) is 1. The predicted molar refractivity (Wildman–Crippen MR) is 155 cm³/mol. The summed E-state index contributed by atoms with van der Waals surface area (Å²) >= 11 is 0. The van der Waals surface area contributed by atoms with Gasteiger partial charge in [0.05, 0.1) is 38.1 Å². The van der Waals surface area contributed by atoms with Crippen molar-refractivity contribution in [1.82, 2.24) is 0 Å². The van der Waals surface area contributed by atoms with Crippen LogP contribution in [0.4, 0.5) is 0 Å². The highest BCUT2D eigenvalue weighted by Crippen LogP contribution is 2.25. The van der Waals surface area contributed by atoms with E-state index in [1.54, 1.807) is 0 Å². The Balaban J connectivity index is -0.0000000692. The number of hydrogen-bond donors (Lipinski definition) is 12. The van der Waals surface area contributed by atoms with Gasteiger partial charge in [0, 0.05) is 7.13 Å². The summed E-state index contributed by atoms with van der Waals surface area (Å²) in [6.07, 6.45) is -11.1. The summed E-state index contributed by atoms with van der Waals surface area (Å²) in [5, 5.41) is 109. The molecule has 0 spiro atoms. The van der Waals surface area contributed by atoms with Crippen molar-refractivity contribution in [2.24, 2.45) is 17.8 Å². The zero-order valence-corrected chi connectivity index (χ0v) is 23.4. The van der Waals surface area contributed by atoms with Crippen LogP contribution in [0.2, 0.25) is 0 Å². The molecule has 3 unspecified atom stereocenters. The Kier molecular flexibility index (Phi) is 24.4. The molecule has 0 aliphatic carbocycles. The van der Waals surface area contributed by atoms with Gasteiger partial charge in [0.15, 0.2) is 0 Å². The summed E-state index contributed by atoms with van der Waals surface area (Å²) in [6, 6.07) is 0. The molecule has 0 amide bonds. The maximum absolute atomic E-state index is 9.57. The van der Waals surface area contributed by atoms with Crippen LogP contribution in [0.15, 0.2) is 0 Å². The summed E-state index contributed by atoms with van der Waals surface area (Å²) < 4.78 is 5.28. The van der Waals surface area contributed by atoms with Crippen molar-refractivity contribution >= 4 is 0 Å². The molecule has 11 atom stereocenters. The minimum atomic E-state index is -1.26. The quantitative estimate of drug-likeness (QED) is 0.125. The first-order valence-electron chi connectivity index (χ1n) is 13.1. The van der Waals surface area contributed by atoms with Gasteiger partial charge in [0.1, 0.15) is 48.8 Å². The van der Waals surface area contributed by atoms with E-state index in [4.69, 9.17) is 30.3 Å². The lowest BCUT2D eigenvalue weighted by atomic mass is 9.90. The zero-order valence-electron chi connectivity index (χ0n) is 23.4. The van der Waals surface area contributed by atoms with Crippen LogP contribution >= 0.6 is 0 Å². The second-order valence-corrected chi connectivity index (χ2v) is 10.9. The Morgan fingerprint density at radius 3 is 1.21 bits per heavy atom. The van der Waals surface area contributed by atoms with Crippen LogP contribution < -0.4 is 0 Å². The normalized spacial score (nSPS) is 27.8. The van der Waals surface area contributed by atoms with Gasteiger partial charge in [-0.05, 0) is 30.6 Å². The van der Waals surface area contributed by atoms with Crippen molar-refractivity contribution in [2.45, 2.75) is 129 Å². The highest BCUT2D eigenvalue weighted by atomic mass is 16.5. The fourth-order valence-electron chi connectivity index (χ4n) is 3.66. The molecule has 250 valence electrons. The van der Waals surface area contributed by atoms with Crippen LogP contribution in [0.25, 0.3) is 0 Å². The molecule has 0 aromatic carbocycles. The van der Waals surface area contributed by atoms with Gasteiger partial charge in [0.2, 0.25) is 0 Å². The topological polar surface area (TPSA) is 252 Å². The van der Waals surface area contributed by atoms with Crippen molar-refractivity contribution in [2.75, 3.05) is 19.8 Å². The van der Waals surface area contributed by atoms with Gasteiger partial charge >= 0.3 is 0 Å². The van der Waals surface area contributed by atoms with Crippen molar-refractivity contribution in [3.05, 3.63) is 0 Å². The molecule has 1 rings (SSSR count). The summed E-state index contributed by atoms with van der Waals surface area (Å²) in [5.74, 6) is 0.516. The van der Waals surface area contributed by atoms with Crippen LogP contribution in [-0.2, 0) is 4.74 Å². The van der Waals surface area contributed by atoms with Crippen molar-refractivity contribution in [3.63, 3.8) is 0 Å². The standard InChI is InChI=1S/C9H18O5.2C8H18O4.CH4.5H2/c1-4(2)9-8(13)7(12)6(11)5(3-10)14-9;2*1-5(2)3-6(10)8(12)7(11)4-9;;;;;;/h4-13H,3H2,1-2H3;2*5-12H,3-4H2,1-2H3;1H4;5*1H/t5?,6?,7-,8?,9-;6-,7-,8+;6-,7-,8-;;;;;;/m011....../s1. The summed E-state index contributed by atoms with van der Waals surface area (Å²) in [5.41, 5.74) is 0. The Labute approximate surface area is 240 Å². The molecule has 0 aromatic rings. The third kappa shape index (κ3) is 16.5. The van der Waals surface area contributed by atoms with Crippen molar-refractivity contribution < 1.29 is 73.1 Å². The number of aliphatic hydroxyl groups is 12. The van der Waals surface area contributed by atoms with Crippen molar-refractivity contribution in [1.29, 1.82) is 0 Å². The minimum Gasteiger partial charge on any atom is -0.394 e. The van der Waals surface area contributed by atoms with E-state index in [0.717, 1.165) is 0 Å². The Morgan fingerprint density at radius 2 is 0.949 bits per heavy atom. The van der Waals surface area contributed by atoms with E-state index in [2.05, 4.69) is 0 Å². The van der Waals surface area contributed by atoms with Crippen molar-refractivity contribution in [3.8, 4) is 0 Å². The van der Waals surface area contributed by atoms with E-state index in [0.29, 0.717) is 12.8 Å². The number of hydrogen-bond acceptors (Lipinski definition) is 13. The van der Waals surface area contributed by atoms with Crippen LogP contribution in [0, 0.1) is 17.8 Å². The molecule has 0 bridgehead atoms. The van der Waals surface area contributed by atoms with Gasteiger partial charge in [0.25, 0.3) is 0 Å². The van der Waals surface area contributed by atoms with Crippen LogP contribution in [-0.4, -0.2) is 148 Å². The predicted octanol–water partition coefficient (Wildman–Crippen LogP) is -1.43. The van der Waals surface area contributed by atoms with Crippen LogP contribution in [0.5, 0.6) is 0 Å². The SMILES string of the molecule is C.CC(C)C[C@@H](O)[C@@H](O)[C@H](O)CO.CC(C)C[C@@H](O)[C@H](O)[C@H](O)CO.CC(C)[C@@H]1OC(CO)C(O)[C@H](O)C1O.[HH].[HH].[HH].[HH].[HH]. The Bertz CT molecular complexity index is 558. The van der Waals surface area contributed by atoms with Crippen LogP contribution in [0.3, 0.4) is 0 Å². The first-order valence-corrected chi connectivity index (χ1v) is 13.1. The average molecular weight is 589 g/mol. The zero-order chi connectivity index (χ0) is 30.3.